The van der Waals surface area contributed by atoms with Crippen LogP contribution in [0.5, 0.6) is 11.5 Å². The predicted molar refractivity (Wildman–Crippen MR) is 97.2 cm³/mol. The van der Waals surface area contributed by atoms with E-state index in [0.717, 1.165) is 11.3 Å². The van der Waals surface area contributed by atoms with Gasteiger partial charge in [-0.05, 0) is 41.5 Å². The molecule has 0 aliphatic heterocycles. The van der Waals surface area contributed by atoms with Crippen LogP contribution in [0.3, 0.4) is 0 Å². The first kappa shape index (κ1) is 16.5. The lowest BCUT2D eigenvalue weighted by molar-refractivity contribution is -0.123. The molecule has 0 aromatic heterocycles. The van der Waals surface area contributed by atoms with E-state index < -0.39 is 5.91 Å². The van der Waals surface area contributed by atoms with Gasteiger partial charge in [-0.3, -0.25) is 10.0 Å². The minimum Gasteiger partial charge on any atom is -0.457 e. The molecule has 124 valence electrons. The second kappa shape index (κ2) is 7.95. The number of hydroxylamine groups is 1. The highest BCUT2D eigenvalue weighted by molar-refractivity contribution is 6.23. The maximum atomic E-state index is 12.0. The number of rotatable bonds is 5. The molecular weight excluding hydrogens is 314 g/mol. The van der Waals surface area contributed by atoms with Crippen LogP contribution in [0.1, 0.15) is 11.1 Å². The average molecular weight is 331 g/mol. The van der Waals surface area contributed by atoms with Crippen molar-refractivity contribution in [2.45, 2.75) is 0 Å². The van der Waals surface area contributed by atoms with E-state index in [1.54, 1.807) is 11.6 Å². The summed E-state index contributed by atoms with van der Waals surface area (Å²) in [5.41, 5.74) is 3.56. The molecule has 0 saturated heterocycles. The number of hydrogen-bond donors (Lipinski definition) is 2. The van der Waals surface area contributed by atoms with E-state index in [-0.39, 0.29) is 0 Å². The van der Waals surface area contributed by atoms with Gasteiger partial charge in [-0.25, -0.2) is 5.48 Å². The van der Waals surface area contributed by atoms with Crippen LogP contribution in [0.25, 0.3) is 11.6 Å². The zero-order chi connectivity index (χ0) is 17.5. The SMILES string of the molecule is O=C(NO)/C(=C/c1cccc(Oc2ccccc2)c1)c1ccccc1. The van der Waals surface area contributed by atoms with Crippen molar-refractivity contribution in [3.05, 3.63) is 96.1 Å². The average Bonchev–Trinajstić information content (AvgIpc) is 2.67. The lowest BCUT2D eigenvalue weighted by atomic mass is 10.0. The summed E-state index contributed by atoms with van der Waals surface area (Å²) in [4.78, 5) is 12.0. The van der Waals surface area contributed by atoms with E-state index >= 15 is 0 Å². The lowest BCUT2D eigenvalue weighted by Crippen LogP contribution is -2.19. The molecule has 3 rings (SSSR count). The normalized spacial score (nSPS) is 11.0. The van der Waals surface area contributed by atoms with Gasteiger partial charge >= 0.3 is 0 Å². The number of ether oxygens (including phenoxy) is 1. The van der Waals surface area contributed by atoms with Crippen LogP contribution >= 0.6 is 0 Å². The molecule has 0 aliphatic rings. The summed E-state index contributed by atoms with van der Waals surface area (Å²) in [5, 5.41) is 9.03. The molecule has 0 fully saturated rings. The molecule has 0 atom stereocenters. The molecule has 0 heterocycles. The van der Waals surface area contributed by atoms with Crippen LogP contribution in [-0.2, 0) is 4.79 Å². The molecule has 0 spiro atoms. The van der Waals surface area contributed by atoms with Crippen molar-refractivity contribution in [1.82, 2.24) is 5.48 Å². The van der Waals surface area contributed by atoms with E-state index in [4.69, 9.17) is 9.94 Å². The van der Waals surface area contributed by atoms with Crippen molar-refractivity contribution in [3.63, 3.8) is 0 Å². The monoisotopic (exact) mass is 331 g/mol. The highest BCUT2D eigenvalue weighted by atomic mass is 16.5. The van der Waals surface area contributed by atoms with Crippen molar-refractivity contribution < 1.29 is 14.7 Å². The Bertz CT molecular complexity index is 874. The van der Waals surface area contributed by atoms with Crippen LogP contribution in [0.4, 0.5) is 0 Å². The van der Waals surface area contributed by atoms with Crippen LogP contribution in [0.15, 0.2) is 84.9 Å². The molecule has 4 heteroatoms. The Hall–Kier alpha value is -3.37. The molecule has 0 saturated carbocycles. The third-order valence-electron chi connectivity index (χ3n) is 3.58. The molecule has 3 aromatic rings. The minimum atomic E-state index is -0.569. The van der Waals surface area contributed by atoms with E-state index in [2.05, 4.69) is 0 Å². The fourth-order valence-corrected chi connectivity index (χ4v) is 2.42. The van der Waals surface area contributed by atoms with Crippen molar-refractivity contribution in [1.29, 1.82) is 0 Å². The maximum Gasteiger partial charge on any atom is 0.275 e. The Morgan fingerprint density at radius 1 is 0.840 bits per heavy atom. The maximum absolute atomic E-state index is 12.0. The summed E-state index contributed by atoms with van der Waals surface area (Å²) in [7, 11) is 0. The van der Waals surface area contributed by atoms with Crippen molar-refractivity contribution in [2.75, 3.05) is 0 Å². The van der Waals surface area contributed by atoms with Gasteiger partial charge in [0, 0.05) is 5.57 Å². The van der Waals surface area contributed by atoms with Gasteiger partial charge in [0.25, 0.3) is 5.91 Å². The van der Waals surface area contributed by atoms with Crippen LogP contribution in [0, 0.1) is 0 Å². The molecule has 0 radical (unpaired) electrons. The largest absolute Gasteiger partial charge is 0.457 e. The second-order valence-corrected chi connectivity index (χ2v) is 5.35. The zero-order valence-corrected chi connectivity index (χ0v) is 13.4. The number of hydrogen-bond acceptors (Lipinski definition) is 3. The number of para-hydroxylation sites is 1. The molecule has 3 aromatic carbocycles. The first-order chi connectivity index (χ1) is 12.3. The van der Waals surface area contributed by atoms with E-state index in [1.165, 1.54) is 0 Å². The van der Waals surface area contributed by atoms with Gasteiger partial charge in [0.15, 0.2) is 0 Å². The molecule has 0 bridgehead atoms. The molecule has 25 heavy (non-hydrogen) atoms. The summed E-state index contributed by atoms with van der Waals surface area (Å²) >= 11 is 0. The van der Waals surface area contributed by atoms with Crippen molar-refractivity contribution in [3.8, 4) is 11.5 Å². The summed E-state index contributed by atoms with van der Waals surface area (Å²) in [6.45, 7) is 0. The molecule has 0 unspecified atom stereocenters. The number of benzene rings is 3. The third-order valence-corrected chi connectivity index (χ3v) is 3.58. The minimum absolute atomic E-state index is 0.361. The highest BCUT2D eigenvalue weighted by Gasteiger charge is 2.11. The van der Waals surface area contributed by atoms with Gasteiger partial charge in [-0.15, -0.1) is 0 Å². The van der Waals surface area contributed by atoms with Gasteiger partial charge in [-0.1, -0.05) is 60.7 Å². The second-order valence-electron chi connectivity index (χ2n) is 5.35. The summed E-state index contributed by atoms with van der Waals surface area (Å²) in [5.74, 6) is 0.831. The van der Waals surface area contributed by atoms with Gasteiger partial charge in [0.05, 0.1) is 0 Å². The molecular formula is C21H17NO3. The molecule has 0 aliphatic carbocycles. The first-order valence-electron chi connectivity index (χ1n) is 7.81. The van der Waals surface area contributed by atoms with Crippen LogP contribution < -0.4 is 10.2 Å². The topological polar surface area (TPSA) is 58.6 Å². The van der Waals surface area contributed by atoms with Crippen molar-refractivity contribution >= 4 is 17.6 Å². The van der Waals surface area contributed by atoms with Crippen LogP contribution in [-0.4, -0.2) is 11.1 Å². The standard InChI is InChI=1S/C21H17NO3/c23-21(22-24)20(17-9-3-1-4-10-17)15-16-8-7-13-19(14-16)25-18-11-5-2-6-12-18/h1-15,24H,(H,22,23)/b20-15+. The number of amides is 1. The Kier molecular flexibility index (Phi) is 5.24. The van der Waals surface area contributed by atoms with Crippen LogP contribution in [0.2, 0.25) is 0 Å². The van der Waals surface area contributed by atoms with E-state index in [0.29, 0.717) is 16.9 Å². The van der Waals surface area contributed by atoms with Gasteiger partial charge in [0.1, 0.15) is 11.5 Å². The molecule has 4 nitrogen and oxygen atoms in total. The smallest absolute Gasteiger partial charge is 0.275 e. The first-order valence-corrected chi connectivity index (χ1v) is 7.81. The fourth-order valence-electron chi connectivity index (χ4n) is 2.42. The Labute approximate surface area is 146 Å². The Morgan fingerprint density at radius 3 is 2.16 bits per heavy atom. The lowest BCUT2D eigenvalue weighted by Gasteiger charge is -2.08. The van der Waals surface area contributed by atoms with Gasteiger partial charge < -0.3 is 4.74 Å². The van der Waals surface area contributed by atoms with Gasteiger partial charge in [0.2, 0.25) is 0 Å². The number of carbonyl (C=O) groups excluding carboxylic acids is 1. The summed E-state index contributed by atoms with van der Waals surface area (Å²) in [6.07, 6.45) is 1.71. The Balaban J connectivity index is 1.92. The Morgan fingerprint density at radius 2 is 1.48 bits per heavy atom. The quantitative estimate of drug-likeness (QED) is 0.313. The molecule has 1 amide bonds. The third kappa shape index (κ3) is 4.34. The number of nitrogens with one attached hydrogen (secondary N) is 1. The van der Waals surface area contributed by atoms with Gasteiger partial charge in [-0.2, -0.15) is 0 Å². The summed E-state index contributed by atoms with van der Waals surface area (Å²) in [6, 6.07) is 26.0. The van der Waals surface area contributed by atoms with E-state index in [1.807, 2.05) is 84.9 Å². The zero-order valence-electron chi connectivity index (χ0n) is 13.4. The summed E-state index contributed by atoms with van der Waals surface area (Å²) < 4.78 is 5.81. The fraction of sp³-hybridized carbons (Fsp3) is 0. The number of carbonyl (C=O) groups is 1. The predicted octanol–water partition coefficient (Wildman–Crippen LogP) is 4.52. The molecule has 2 N–H and O–H groups in total. The van der Waals surface area contributed by atoms with E-state index in [9.17, 15) is 4.79 Å². The van der Waals surface area contributed by atoms with Crippen molar-refractivity contribution in [2.24, 2.45) is 0 Å². The highest BCUT2D eigenvalue weighted by Crippen LogP contribution is 2.24.